The zero-order valence-electron chi connectivity index (χ0n) is 15.2. The van der Waals surface area contributed by atoms with Crippen LogP contribution in [0, 0.1) is 11.8 Å². The standard InChI is InChI=1S/C20H24N2O5/c23-19(21-12-14-5-6-17-18(11-14)27-13-26-17)15-3-1-2-4-16(15)20(24)22-7-9-25-10-8-22/h1-2,5-6,11,15-16H,3-4,7-10,12-13H2,(H,21,23). The summed E-state index contributed by atoms with van der Waals surface area (Å²) < 4.78 is 16.0. The van der Waals surface area contributed by atoms with Crippen LogP contribution < -0.4 is 14.8 Å². The average molecular weight is 372 g/mol. The summed E-state index contributed by atoms with van der Waals surface area (Å²) in [6.45, 7) is 2.96. The second-order valence-corrected chi connectivity index (χ2v) is 7.00. The number of allylic oxidation sites excluding steroid dienone is 2. The van der Waals surface area contributed by atoms with Gasteiger partial charge in [-0.2, -0.15) is 0 Å². The molecule has 144 valence electrons. The minimum atomic E-state index is -0.334. The number of carbonyl (C=O) groups excluding carboxylic acids is 2. The van der Waals surface area contributed by atoms with Crippen molar-refractivity contribution in [2.24, 2.45) is 11.8 Å². The normalized spacial score (nSPS) is 23.9. The number of benzene rings is 1. The highest BCUT2D eigenvalue weighted by Gasteiger charge is 2.36. The third-order valence-electron chi connectivity index (χ3n) is 5.31. The predicted octanol–water partition coefficient (Wildman–Crippen LogP) is 1.47. The quantitative estimate of drug-likeness (QED) is 0.810. The number of hydrogen-bond donors (Lipinski definition) is 1. The Morgan fingerprint density at radius 1 is 1.04 bits per heavy atom. The van der Waals surface area contributed by atoms with Crippen LogP contribution in [0.25, 0.3) is 0 Å². The van der Waals surface area contributed by atoms with Gasteiger partial charge in [-0.15, -0.1) is 0 Å². The minimum Gasteiger partial charge on any atom is -0.454 e. The van der Waals surface area contributed by atoms with Gasteiger partial charge in [0.15, 0.2) is 11.5 Å². The summed E-state index contributed by atoms with van der Waals surface area (Å²) in [5.41, 5.74) is 0.940. The molecular weight excluding hydrogens is 348 g/mol. The molecule has 7 nitrogen and oxygen atoms in total. The zero-order chi connectivity index (χ0) is 18.6. The molecule has 1 N–H and O–H groups in total. The molecule has 0 radical (unpaired) electrons. The first-order chi connectivity index (χ1) is 13.2. The van der Waals surface area contributed by atoms with Crippen LogP contribution in [0.15, 0.2) is 30.4 Å². The molecule has 0 spiro atoms. The Morgan fingerprint density at radius 3 is 2.59 bits per heavy atom. The molecule has 0 bridgehead atoms. The molecule has 1 saturated heterocycles. The maximum atomic E-state index is 12.9. The smallest absolute Gasteiger partial charge is 0.231 e. The van der Waals surface area contributed by atoms with Crippen molar-refractivity contribution in [3.63, 3.8) is 0 Å². The van der Waals surface area contributed by atoms with E-state index in [1.54, 1.807) is 0 Å². The average Bonchev–Trinajstić information content (AvgIpc) is 3.20. The lowest BCUT2D eigenvalue weighted by Crippen LogP contribution is -2.48. The molecule has 2 amide bonds. The molecule has 0 aromatic heterocycles. The molecule has 1 aliphatic carbocycles. The van der Waals surface area contributed by atoms with Gasteiger partial charge in [0.25, 0.3) is 0 Å². The number of nitrogens with one attached hydrogen (secondary N) is 1. The second-order valence-electron chi connectivity index (χ2n) is 7.00. The van der Waals surface area contributed by atoms with Gasteiger partial charge >= 0.3 is 0 Å². The lowest BCUT2D eigenvalue weighted by Gasteiger charge is -2.34. The first-order valence-corrected chi connectivity index (χ1v) is 9.40. The largest absolute Gasteiger partial charge is 0.454 e. The van der Waals surface area contributed by atoms with Crippen LogP contribution in [0.1, 0.15) is 18.4 Å². The molecule has 1 fully saturated rings. The van der Waals surface area contributed by atoms with E-state index in [9.17, 15) is 9.59 Å². The van der Waals surface area contributed by atoms with E-state index >= 15 is 0 Å². The Bertz CT molecular complexity index is 742. The van der Waals surface area contributed by atoms with Crippen LogP contribution in [0.5, 0.6) is 11.5 Å². The van der Waals surface area contributed by atoms with Crippen LogP contribution in [-0.2, 0) is 20.9 Å². The van der Waals surface area contributed by atoms with Crippen molar-refractivity contribution in [2.45, 2.75) is 19.4 Å². The number of rotatable bonds is 4. The number of morpholine rings is 1. The SMILES string of the molecule is O=C(NCc1ccc2c(c1)OCO2)C1CC=CCC1C(=O)N1CCOCC1. The van der Waals surface area contributed by atoms with Crippen LogP contribution in [0.2, 0.25) is 0 Å². The van der Waals surface area contributed by atoms with Gasteiger partial charge in [0.05, 0.1) is 25.0 Å². The Labute approximate surface area is 158 Å². The fourth-order valence-corrected chi connectivity index (χ4v) is 3.77. The van der Waals surface area contributed by atoms with E-state index in [0.717, 1.165) is 11.3 Å². The van der Waals surface area contributed by atoms with E-state index in [0.29, 0.717) is 51.4 Å². The highest BCUT2D eigenvalue weighted by Crippen LogP contribution is 2.32. The van der Waals surface area contributed by atoms with Crippen molar-refractivity contribution in [2.75, 3.05) is 33.1 Å². The van der Waals surface area contributed by atoms with E-state index in [2.05, 4.69) is 5.32 Å². The van der Waals surface area contributed by atoms with E-state index in [1.807, 2.05) is 35.3 Å². The van der Waals surface area contributed by atoms with Crippen molar-refractivity contribution in [1.82, 2.24) is 10.2 Å². The lowest BCUT2D eigenvalue weighted by atomic mass is 9.81. The monoisotopic (exact) mass is 372 g/mol. The van der Waals surface area contributed by atoms with Gasteiger partial charge < -0.3 is 24.4 Å². The Morgan fingerprint density at radius 2 is 1.78 bits per heavy atom. The number of carbonyl (C=O) groups is 2. The summed E-state index contributed by atoms with van der Waals surface area (Å²) in [5, 5.41) is 2.98. The molecule has 1 aromatic rings. The maximum Gasteiger partial charge on any atom is 0.231 e. The van der Waals surface area contributed by atoms with E-state index < -0.39 is 0 Å². The maximum absolute atomic E-state index is 12.9. The summed E-state index contributed by atoms with van der Waals surface area (Å²) in [5.74, 6) is 0.764. The van der Waals surface area contributed by atoms with Gasteiger partial charge in [-0.25, -0.2) is 0 Å². The minimum absolute atomic E-state index is 0.0610. The van der Waals surface area contributed by atoms with Gasteiger partial charge in [-0.05, 0) is 30.5 Å². The number of fused-ring (bicyclic) bond motifs is 1. The van der Waals surface area contributed by atoms with Crippen molar-refractivity contribution in [3.05, 3.63) is 35.9 Å². The molecule has 2 atom stereocenters. The zero-order valence-corrected chi connectivity index (χ0v) is 15.2. The Hall–Kier alpha value is -2.54. The molecule has 2 unspecified atom stereocenters. The summed E-state index contributed by atoms with van der Waals surface area (Å²) >= 11 is 0. The van der Waals surface area contributed by atoms with Crippen molar-refractivity contribution in [1.29, 1.82) is 0 Å². The van der Waals surface area contributed by atoms with Gasteiger partial charge in [0.1, 0.15) is 0 Å². The lowest BCUT2D eigenvalue weighted by molar-refractivity contribution is -0.145. The second kappa shape index (κ2) is 8.00. The number of hydrogen-bond acceptors (Lipinski definition) is 5. The molecule has 27 heavy (non-hydrogen) atoms. The molecular formula is C20H24N2O5. The molecule has 2 heterocycles. The fraction of sp³-hybridized carbons (Fsp3) is 0.500. The first kappa shape index (κ1) is 17.9. The highest BCUT2D eigenvalue weighted by atomic mass is 16.7. The predicted molar refractivity (Wildman–Crippen MR) is 97.2 cm³/mol. The van der Waals surface area contributed by atoms with Crippen LogP contribution in [0.4, 0.5) is 0 Å². The number of ether oxygens (including phenoxy) is 3. The summed E-state index contributed by atoms with van der Waals surface area (Å²) in [7, 11) is 0. The van der Waals surface area contributed by atoms with Gasteiger partial charge in [0.2, 0.25) is 18.6 Å². The molecule has 2 aliphatic heterocycles. The van der Waals surface area contributed by atoms with Gasteiger partial charge in [-0.1, -0.05) is 18.2 Å². The molecule has 0 saturated carbocycles. The fourth-order valence-electron chi connectivity index (χ4n) is 3.77. The van der Waals surface area contributed by atoms with E-state index in [4.69, 9.17) is 14.2 Å². The number of amides is 2. The summed E-state index contributed by atoms with van der Waals surface area (Å²) in [6, 6.07) is 5.63. The van der Waals surface area contributed by atoms with Crippen molar-refractivity contribution < 1.29 is 23.8 Å². The van der Waals surface area contributed by atoms with Crippen molar-refractivity contribution in [3.8, 4) is 11.5 Å². The summed E-state index contributed by atoms with van der Waals surface area (Å²) in [4.78, 5) is 27.5. The summed E-state index contributed by atoms with van der Waals surface area (Å²) in [6.07, 6.45) is 5.20. The number of nitrogens with zero attached hydrogens (tertiary/aromatic N) is 1. The molecule has 3 aliphatic rings. The molecule has 7 heteroatoms. The Balaban J connectivity index is 1.38. The van der Waals surface area contributed by atoms with Crippen molar-refractivity contribution >= 4 is 11.8 Å². The topological polar surface area (TPSA) is 77.1 Å². The van der Waals surface area contributed by atoms with E-state index in [1.165, 1.54) is 0 Å². The first-order valence-electron chi connectivity index (χ1n) is 9.40. The van der Waals surface area contributed by atoms with Crippen LogP contribution in [0.3, 0.4) is 0 Å². The third kappa shape index (κ3) is 3.93. The van der Waals surface area contributed by atoms with Gasteiger partial charge in [0, 0.05) is 19.6 Å². The molecule has 4 rings (SSSR count). The van der Waals surface area contributed by atoms with Gasteiger partial charge in [-0.3, -0.25) is 9.59 Å². The highest BCUT2D eigenvalue weighted by molar-refractivity contribution is 5.88. The Kier molecular flexibility index (Phi) is 5.29. The van der Waals surface area contributed by atoms with Crippen LogP contribution in [-0.4, -0.2) is 49.8 Å². The van der Waals surface area contributed by atoms with Crippen LogP contribution >= 0.6 is 0 Å². The molecule has 1 aromatic carbocycles. The van der Waals surface area contributed by atoms with E-state index in [-0.39, 0.29) is 30.4 Å². The third-order valence-corrected chi connectivity index (χ3v) is 5.31.